The molecule has 1 spiro atoms. The van der Waals surface area contributed by atoms with Crippen molar-refractivity contribution in [1.82, 2.24) is 9.80 Å². The molecule has 0 radical (unpaired) electrons. The van der Waals surface area contributed by atoms with Crippen molar-refractivity contribution in [2.75, 3.05) is 13.1 Å². The molecule has 3 aliphatic rings. The predicted molar refractivity (Wildman–Crippen MR) is 104 cm³/mol. The minimum Gasteiger partial charge on any atom is -0.339 e. The second-order valence-electron chi connectivity index (χ2n) is 8.63. The smallest absolute Gasteiger partial charge is 0.257 e. The fraction of sp³-hybridized carbons (Fsp3) is 0.857. The van der Waals surface area contributed by atoms with E-state index in [9.17, 15) is 9.59 Å². The molecule has 3 rings (SSSR count). The van der Waals surface area contributed by atoms with Gasteiger partial charge in [0.15, 0.2) is 5.54 Å². The van der Waals surface area contributed by atoms with Gasteiger partial charge in [-0.25, -0.2) is 0 Å². The molecule has 2 heterocycles. The number of carbonyl (C=O) groups is 2. The van der Waals surface area contributed by atoms with E-state index >= 15 is 0 Å². The third-order valence-corrected chi connectivity index (χ3v) is 6.25. The Hall–Kier alpha value is -1.39. The van der Waals surface area contributed by atoms with Gasteiger partial charge in [-0.15, -0.1) is 0 Å². The molecule has 1 atom stereocenters. The first-order valence-electron chi connectivity index (χ1n) is 10.7. The molecule has 26 heavy (non-hydrogen) atoms. The summed E-state index contributed by atoms with van der Waals surface area (Å²) >= 11 is 0. The molecule has 2 fully saturated rings. The number of likely N-dealkylation sites (tertiary alicyclic amines) is 1. The number of hydrogen-bond acceptors (Lipinski definition) is 3. The van der Waals surface area contributed by atoms with Crippen molar-refractivity contribution in [2.45, 2.75) is 96.6 Å². The molecular weight excluding hydrogens is 326 g/mol. The van der Waals surface area contributed by atoms with Crippen LogP contribution in [0.25, 0.3) is 0 Å². The zero-order valence-electron chi connectivity index (χ0n) is 16.8. The van der Waals surface area contributed by atoms with E-state index in [0.29, 0.717) is 6.54 Å². The number of amides is 2. The Labute approximate surface area is 158 Å². The van der Waals surface area contributed by atoms with Gasteiger partial charge in [0.05, 0.1) is 6.54 Å². The second-order valence-corrected chi connectivity index (χ2v) is 8.63. The Morgan fingerprint density at radius 2 is 1.96 bits per heavy atom. The maximum Gasteiger partial charge on any atom is 0.257 e. The maximum atomic E-state index is 13.3. The van der Waals surface area contributed by atoms with Crippen molar-refractivity contribution in [2.24, 2.45) is 10.9 Å². The van der Waals surface area contributed by atoms with E-state index in [4.69, 9.17) is 4.99 Å². The summed E-state index contributed by atoms with van der Waals surface area (Å²) in [5, 5.41) is 0. The SMILES string of the molecule is CCCCC1=NC2(CCCN(C(=O)C3CCCCC3)C2)C(=O)N1C(C)C. The Balaban J connectivity index is 1.78. The molecule has 2 amide bonds. The summed E-state index contributed by atoms with van der Waals surface area (Å²) in [5.74, 6) is 1.50. The summed E-state index contributed by atoms with van der Waals surface area (Å²) in [6, 6.07) is 0.127. The van der Waals surface area contributed by atoms with Gasteiger partial charge in [0.1, 0.15) is 5.84 Å². The van der Waals surface area contributed by atoms with Gasteiger partial charge in [0, 0.05) is 24.9 Å². The minimum absolute atomic E-state index is 0.125. The summed E-state index contributed by atoms with van der Waals surface area (Å²) in [6.45, 7) is 7.56. The van der Waals surface area contributed by atoms with Gasteiger partial charge in [-0.05, 0) is 46.0 Å². The Bertz CT molecular complexity index is 566. The van der Waals surface area contributed by atoms with Crippen molar-refractivity contribution < 1.29 is 9.59 Å². The van der Waals surface area contributed by atoms with Gasteiger partial charge >= 0.3 is 0 Å². The van der Waals surface area contributed by atoms with Crippen molar-refractivity contribution in [3.63, 3.8) is 0 Å². The van der Waals surface area contributed by atoms with Gasteiger partial charge in [-0.3, -0.25) is 19.5 Å². The van der Waals surface area contributed by atoms with Crippen LogP contribution in [0.4, 0.5) is 0 Å². The molecule has 5 nitrogen and oxygen atoms in total. The molecule has 2 aliphatic heterocycles. The highest BCUT2D eigenvalue weighted by Crippen LogP contribution is 2.36. The number of rotatable bonds is 5. The lowest BCUT2D eigenvalue weighted by atomic mass is 9.85. The highest BCUT2D eigenvalue weighted by atomic mass is 16.2. The molecule has 0 aromatic heterocycles. The van der Waals surface area contributed by atoms with Crippen LogP contribution < -0.4 is 0 Å². The first kappa shape index (κ1) is 19.4. The Morgan fingerprint density at radius 1 is 1.23 bits per heavy atom. The quantitative estimate of drug-likeness (QED) is 0.748. The summed E-state index contributed by atoms with van der Waals surface area (Å²) < 4.78 is 0. The number of unbranched alkanes of at least 4 members (excludes halogenated alkanes) is 1. The topological polar surface area (TPSA) is 53.0 Å². The van der Waals surface area contributed by atoms with Crippen LogP contribution in [-0.2, 0) is 9.59 Å². The van der Waals surface area contributed by atoms with E-state index < -0.39 is 5.54 Å². The zero-order valence-corrected chi connectivity index (χ0v) is 16.8. The Kier molecular flexibility index (Phi) is 6.03. The standard InChI is InChI=1S/C21H35N3O2/c1-4-5-12-18-22-21(20(26)24(18)16(2)3)13-9-14-23(15-21)19(25)17-10-7-6-8-11-17/h16-17H,4-15H2,1-3H3. The molecule has 5 heteroatoms. The first-order chi connectivity index (χ1) is 12.5. The van der Waals surface area contributed by atoms with Crippen LogP contribution in [0.5, 0.6) is 0 Å². The minimum atomic E-state index is -0.712. The monoisotopic (exact) mass is 361 g/mol. The van der Waals surface area contributed by atoms with Crippen LogP contribution in [0.15, 0.2) is 4.99 Å². The molecule has 0 bridgehead atoms. The number of aliphatic imine (C=N–C) groups is 1. The number of piperidine rings is 1. The van der Waals surface area contributed by atoms with Crippen LogP contribution in [0.2, 0.25) is 0 Å². The maximum absolute atomic E-state index is 13.3. The van der Waals surface area contributed by atoms with Crippen molar-refractivity contribution in [3.05, 3.63) is 0 Å². The largest absolute Gasteiger partial charge is 0.339 e. The van der Waals surface area contributed by atoms with Crippen LogP contribution in [0.3, 0.4) is 0 Å². The average Bonchev–Trinajstić information content (AvgIpc) is 2.91. The molecule has 1 saturated carbocycles. The summed E-state index contributed by atoms with van der Waals surface area (Å²) in [6.07, 6.45) is 10.3. The number of carbonyl (C=O) groups excluding carboxylic acids is 2. The molecule has 0 aromatic rings. The van der Waals surface area contributed by atoms with Crippen molar-refractivity contribution in [3.8, 4) is 0 Å². The molecule has 1 aliphatic carbocycles. The normalized spacial score (nSPS) is 27.5. The van der Waals surface area contributed by atoms with Crippen LogP contribution in [0, 0.1) is 5.92 Å². The van der Waals surface area contributed by atoms with E-state index in [2.05, 4.69) is 20.8 Å². The summed E-state index contributed by atoms with van der Waals surface area (Å²) in [5.41, 5.74) is -0.712. The van der Waals surface area contributed by atoms with E-state index in [1.807, 2.05) is 9.80 Å². The van der Waals surface area contributed by atoms with Crippen LogP contribution in [-0.4, -0.2) is 52.1 Å². The van der Waals surface area contributed by atoms with Gasteiger partial charge in [0.2, 0.25) is 5.91 Å². The number of nitrogens with zero attached hydrogens (tertiary/aromatic N) is 3. The fourth-order valence-electron chi connectivity index (χ4n) is 4.83. The third-order valence-electron chi connectivity index (χ3n) is 6.25. The second kappa shape index (κ2) is 8.10. The highest BCUT2D eigenvalue weighted by molar-refractivity contribution is 6.09. The van der Waals surface area contributed by atoms with E-state index in [1.54, 1.807) is 0 Å². The van der Waals surface area contributed by atoms with Crippen molar-refractivity contribution in [1.29, 1.82) is 0 Å². The number of amidine groups is 1. The summed E-state index contributed by atoms with van der Waals surface area (Å²) in [4.78, 5) is 35.2. The fourth-order valence-corrected chi connectivity index (χ4v) is 4.83. The lowest BCUT2D eigenvalue weighted by Crippen LogP contribution is -2.56. The molecule has 1 unspecified atom stereocenters. The highest BCUT2D eigenvalue weighted by Gasteiger charge is 2.51. The van der Waals surface area contributed by atoms with Gasteiger partial charge in [-0.2, -0.15) is 0 Å². The van der Waals surface area contributed by atoms with E-state index in [-0.39, 0.29) is 23.8 Å². The molecule has 0 N–H and O–H groups in total. The lowest BCUT2D eigenvalue weighted by Gasteiger charge is -2.39. The van der Waals surface area contributed by atoms with Crippen LogP contribution >= 0.6 is 0 Å². The van der Waals surface area contributed by atoms with Crippen LogP contribution in [0.1, 0.15) is 85.0 Å². The van der Waals surface area contributed by atoms with E-state index in [0.717, 1.165) is 70.2 Å². The number of hydrogen-bond donors (Lipinski definition) is 0. The molecular formula is C21H35N3O2. The average molecular weight is 362 g/mol. The van der Waals surface area contributed by atoms with Crippen molar-refractivity contribution >= 4 is 17.6 Å². The Morgan fingerprint density at radius 3 is 2.62 bits per heavy atom. The third kappa shape index (κ3) is 3.67. The zero-order chi connectivity index (χ0) is 18.7. The lowest BCUT2D eigenvalue weighted by molar-refractivity contribution is -0.142. The molecule has 0 aromatic carbocycles. The predicted octanol–water partition coefficient (Wildman–Crippen LogP) is 3.77. The molecule has 1 saturated heterocycles. The van der Waals surface area contributed by atoms with Gasteiger partial charge in [0.25, 0.3) is 5.91 Å². The summed E-state index contributed by atoms with van der Waals surface area (Å²) in [7, 11) is 0. The van der Waals surface area contributed by atoms with Gasteiger partial charge in [-0.1, -0.05) is 32.6 Å². The van der Waals surface area contributed by atoms with E-state index in [1.165, 1.54) is 6.42 Å². The first-order valence-corrected chi connectivity index (χ1v) is 10.7. The van der Waals surface area contributed by atoms with Gasteiger partial charge < -0.3 is 4.90 Å². The molecule has 146 valence electrons.